The van der Waals surface area contributed by atoms with Crippen LogP contribution in [0.2, 0.25) is 10.0 Å². The molecule has 1 aromatic carbocycles. The van der Waals surface area contributed by atoms with Gasteiger partial charge >= 0.3 is 6.18 Å². The zero-order valence-corrected chi connectivity index (χ0v) is 13.3. The van der Waals surface area contributed by atoms with Crippen molar-refractivity contribution in [2.24, 2.45) is 0 Å². The van der Waals surface area contributed by atoms with Gasteiger partial charge in [0.25, 0.3) is 5.91 Å². The molecule has 1 fully saturated rings. The maximum Gasteiger partial charge on any atom is 0.405 e. The summed E-state index contributed by atoms with van der Waals surface area (Å²) < 4.78 is 36.6. The number of rotatable bonds is 3. The Balaban J connectivity index is 2.11. The van der Waals surface area contributed by atoms with Gasteiger partial charge in [-0.2, -0.15) is 13.2 Å². The number of alkyl halides is 3. The van der Waals surface area contributed by atoms with E-state index in [1.165, 1.54) is 23.1 Å². The van der Waals surface area contributed by atoms with Gasteiger partial charge in [0.15, 0.2) is 0 Å². The number of benzene rings is 1. The highest BCUT2D eigenvalue weighted by atomic mass is 35.5. The van der Waals surface area contributed by atoms with Crippen molar-refractivity contribution in [3.63, 3.8) is 0 Å². The lowest BCUT2D eigenvalue weighted by Gasteiger charge is -2.24. The Morgan fingerprint density at radius 2 is 1.83 bits per heavy atom. The van der Waals surface area contributed by atoms with Gasteiger partial charge in [-0.15, -0.1) is 0 Å². The van der Waals surface area contributed by atoms with Gasteiger partial charge in [0.05, 0.1) is 0 Å². The third kappa shape index (κ3) is 4.75. The summed E-state index contributed by atoms with van der Waals surface area (Å²) in [5.41, 5.74) is 0.193. The molecule has 1 N–H and O–H groups in total. The molecule has 126 valence electrons. The Morgan fingerprint density at radius 1 is 1.22 bits per heavy atom. The van der Waals surface area contributed by atoms with Crippen LogP contribution in [0, 0.1) is 0 Å². The molecule has 0 saturated carbocycles. The molecule has 1 heterocycles. The number of likely N-dealkylation sites (tertiary alicyclic amines) is 1. The molecule has 0 aromatic heterocycles. The zero-order chi connectivity index (χ0) is 17.2. The van der Waals surface area contributed by atoms with E-state index < -0.39 is 30.6 Å². The van der Waals surface area contributed by atoms with Crippen LogP contribution in [0.3, 0.4) is 0 Å². The molecule has 0 radical (unpaired) electrons. The van der Waals surface area contributed by atoms with Gasteiger partial charge in [-0.05, 0) is 31.0 Å². The summed E-state index contributed by atoms with van der Waals surface area (Å²) in [6.07, 6.45) is -3.66. The molecule has 0 spiro atoms. The number of carbonyl (C=O) groups excluding carboxylic acids is 2. The fourth-order valence-electron chi connectivity index (χ4n) is 2.43. The van der Waals surface area contributed by atoms with E-state index in [0.29, 0.717) is 12.8 Å². The number of hydrogen-bond acceptors (Lipinski definition) is 2. The molecule has 1 atom stereocenters. The van der Waals surface area contributed by atoms with Crippen molar-refractivity contribution in [3.05, 3.63) is 33.8 Å². The maximum absolute atomic E-state index is 12.5. The number of halogens is 5. The van der Waals surface area contributed by atoms with Crippen LogP contribution < -0.4 is 5.32 Å². The van der Waals surface area contributed by atoms with E-state index in [1.807, 2.05) is 5.32 Å². The lowest BCUT2D eigenvalue weighted by atomic mass is 10.1. The topological polar surface area (TPSA) is 49.4 Å². The van der Waals surface area contributed by atoms with Crippen molar-refractivity contribution in [2.75, 3.05) is 13.1 Å². The van der Waals surface area contributed by atoms with E-state index in [-0.39, 0.29) is 22.2 Å². The van der Waals surface area contributed by atoms with Crippen molar-refractivity contribution in [1.82, 2.24) is 10.2 Å². The molecule has 2 amide bonds. The Hall–Kier alpha value is -1.47. The highest BCUT2D eigenvalue weighted by Gasteiger charge is 2.36. The fourth-order valence-corrected chi connectivity index (χ4v) is 2.96. The summed E-state index contributed by atoms with van der Waals surface area (Å²) in [6.45, 7) is -1.14. The second-order valence-electron chi connectivity index (χ2n) is 5.15. The Morgan fingerprint density at radius 3 is 2.39 bits per heavy atom. The minimum Gasteiger partial charge on any atom is -0.345 e. The number of amides is 2. The van der Waals surface area contributed by atoms with E-state index in [9.17, 15) is 22.8 Å². The molecule has 9 heteroatoms. The minimum atomic E-state index is -4.50. The first-order chi connectivity index (χ1) is 10.7. The first-order valence-electron chi connectivity index (χ1n) is 6.79. The summed E-state index contributed by atoms with van der Waals surface area (Å²) in [7, 11) is 0. The van der Waals surface area contributed by atoms with Gasteiger partial charge < -0.3 is 10.2 Å². The second kappa shape index (κ2) is 6.97. The summed E-state index contributed by atoms with van der Waals surface area (Å²) >= 11 is 11.7. The first kappa shape index (κ1) is 17.9. The van der Waals surface area contributed by atoms with Crippen LogP contribution in [0.25, 0.3) is 0 Å². The fraction of sp³-hybridized carbons (Fsp3) is 0.429. The SMILES string of the molecule is O=C(NCC(F)(F)F)[C@H]1CCCN1C(=O)c1cc(Cl)cc(Cl)c1. The van der Waals surface area contributed by atoms with Gasteiger partial charge in [0, 0.05) is 22.2 Å². The predicted molar refractivity (Wildman–Crippen MR) is 79.6 cm³/mol. The lowest BCUT2D eigenvalue weighted by molar-refractivity contribution is -0.140. The summed E-state index contributed by atoms with van der Waals surface area (Å²) in [6, 6.07) is 3.33. The molecule has 0 aliphatic carbocycles. The average molecular weight is 369 g/mol. The van der Waals surface area contributed by atoms with Crippen LogP contribution in [-0.4, -0.2) is 42.0 Å². The highest BCUT2D eigenvalue weighted by molar-refractivity contribution is 6.35. The molecule has 2 rings (SSSR count). The molecule has 1 aliphatic heterocycles. The van der Waals surface area contributed by atoms with Crippen LogP contribution in [0.15, 0.2) is 18.2 Å². The van der Waals surface area contributed by atoms with Gasteiger partial charge in [0.2, 0.25) is 5.91 Å². The summed E-state index contributed by atoms with van der Waals surface area (Å²) in [5.74, 6) is -1.31. The zero-order valence-electron chi connectivity index (χ0n) is 11.8. The monoisotopic (exact) mass is 368 g/mol. The highest BCUT2D eigenvalue weighted by Crippen LogP contribution is 2.24. The van der Waals surface area contributed by atoms with Crippen LogP contribution in [-0.2, 0) is 4.79 Å². The molecule has 1 aromatic rings. The standard InChI is InChI=1S/C14H13Cl2F3N2O2/c15-9-4-8(5-10(16)6-9)13(23)21-3-1-2-11(21)12(22)20-7-14(17,18)19/h4-6,11H,1-3,7H2,(H,20,22)/t11-/m1/s1. The van der Waals surface area contributed by atoms with Crippen LogP contribution >= 0.6 is 23.2 Å². The first-order valence-corrected chi connectivity index (χ1v) is 7.54. The van der Waals surface area contributed by atoms with Gasteiger partial charge in [0.1, 0.15) is 12.6 Å². The Labute approximate surface area is 140 Å². The molecule has 0 bridgehead atoms. The quantitative estimate of drug-likeness (QED) is 0.889. The molecular weight excluding hydrogens is 356 g/mol. The van der Waals surface area contributed by atoms with Crippen molar-refractivity contribution in [3.8, 4) is 0 Å². The average Bonchev–Trinajstić information content (AvgIpc) is 2.91. The van der Waals surface area contributed by atoms with Crippen LogP contribution in [0.1, 0.15) is 23.2 Å². The van der Waals surface area contributed by atoms with E-state index >= 15 is 0 Å². The molecule has 4 nitrogen and oxygen atoms in total. The van der Waals surface area contributed by atoms with Crippen LogP contribution in [0.5, 0.6) is 0 Å². The van der Waals surface area contributed by atoms with Gasteiger partial charge in [-0.3, -0.25) is 9.59 Å². The van der Waals surface area contributed by atoms with E-state index in [1.54, 1.807) is 0 Å². The van der Waals surface area contributed by atoms with E-state index in [2.05, 4.69) is 0 Å². The van der Waals surface area contributed by atoms with E-state index in [0.717, 1.165) is 0 Å². The largest absolute Gasteiger partial charge is 0.405 e. The van der Waals surface area contributed by atoms with Crippen molar-refractivity contribution in [2.45, 2.75) is 25.1 Å². The normalized spacial score (nSPS) is 18.1. The van der Waals surface area contributed by atoms with Crippen molar-refractivity contribution < 1.29 is 22.8 Å². The number of carbonyl (C=O) groups is 2. The van der Waals surface area contributed by atoms with E-state index in [4.69, 9.17) is 23.2 Å². The molecule has 1 aliphatic rings. The number of nitrogens with one attached hydrogen (secondary N) is 1. The second-order valence-corrected chi connectivity index (χ2v) is 6.02. The molecule has 1 saturated heterocycles. The number of nitrogens with zero attached hydrogens (tertiary/aromatic N) is 1. The third-order valence-electron chi connectivity index (χ3n) is 3.39. The third-order valence-corrected chi connectivity index (χ3v) is 3.83. The number of hydrogen-bond donors (Lipinski definition) is 1. The van der Waals surface area contributed by atoms with Gasteiger partial charge in [-0.25, -0.2) is 0 Å². The lowest BCUT2D eigenvalue weighted by Crippen LogP contribution is -2.48. The smallest absolute Gasteiger partial charge is 0.345 e. The summed E-state index contributed by atoms with van der Waals surface area (Å²) in [4.78, 5) is 25.6. The molecule has 0 unspecified atom stereocenters. The van der Waals surface area contributed by atoms with Crippen molar-refractivity contribution in [1.29, 1.82) is 0 Å². The Kier molecular flexibility index (Phi) is 5.41. The molecule has 23 heavy (non-hydrogen) atoms. The predicted octanol–water partition coefficient (Wildman–Crippen LogP) is 3.28. The maximum atomic E-state index is 12.5. The Bertz CT molecular complexity index is 602. The molecular formula is C14H13Cl2F3N2O2. The van der Waals surface area contributed by atoms with Crippen LogP contribution in [0.4, 0.5) is 13.2 Å². The van der Waals surface area contributed by atoms with Crippen molar-refractivity contribution >= 4 is 35.0 Å². The van der Waals surface area contributed by atoms with Gasteiger partial charge in [-0.1, -0.05) is 23.2 Å². The minimum absolute atomic E-state index is 0.193. The summed E-state index contributed by atoms with van der Waals surface area (Å²) in [5, 5.41) is 2.34.